The molecule has 0 heterocycles. The Morgan fingerprint density at radius 3 is 0.886 bits per heavy atom. The van der Waals surface area contributed by atoms with Gasteiger partial charge in [0, 0.05) is 0 Å². The molecule has 44 heavy (non-hydrogen) atoms. The van der Waals surface area contributed by atoms with Crippen LogP contribution in [-0.4, -0.2) is 57.9 Å². The van der Waals surface area contributed by atoms with Crippen molar-refractivity contribution >= 4 is 30.9 Å². The predicted molar refractivity (Wildman–Crippen MR) is 166 cm³/mol. The average molecular weight is 715 g/mol. The van der Waals surface area contributed by atoms with E-state index in [-0.39, 0.29) is 78.1 Å². The van der Waals surface area contributed by atoms with E-state index in [4.69, 9.17) is 4.55 Å². The summed E-state index contributed by atoms with van der Waals surface area (Å²) in [6.45, 7) is 6.53. The van der Waals surface area contributed by atoms with Crippen LogP contribution in [-0.2, 0) is 39.3 Å². The fraction of sp³-hybridized carbons (Fsp3) is 1.00. The molecule has 0 bridgehead atoms. The van der Waals surface area contributed by atoms with E-state index in [0.29, 0.717) is 19.3 Å². The summed E-state index contributed by atoms with van der Waals surface area (Å²) in [5.74, 6) is -0.0799. The summed E-state index contributed by atoms with van der Waals surface area (Å²) in [6, 6.07) is 0. The van der Waals surface area contributed by atoms with Crippen molar-refractivity contribution < 1.29 is 106 Å². The Labute approximate surface area is 315 Å². The first kappa shape index (κ1) is 55.1. The van der Waals surface area contributed by atoms with Gasteiger partial charge >= 0.3 is 59.1 Å². The summed E-state index contributed by atoms with van der Waals surface area (Å²) >= 11 is 0. The van der Waals surface area contributed by atoms with Gasteiger partial charge in [0.1, 0.15) is 0 Å². The molecule has 0 amide bonds. The molecule has 258 valence electrons. The van der Waals surface area contributed by atoms with Gasteiger partial charge in [-0.15, -0.1) is 0 Å². The van der Waals surface area contributed by atoms with Gasteiger partial charge < -0.3 is 9.11 Å². The first-order chi connectivity index (χ1) is 19.7. The van der Waals surface area contributed by atoms with Crippen LogP contribution >= 0.6 is 0 Å². The summed E-state index contributed by atoms with van der Waals surface area (Å²) in [6.07, 6.45) is 24.1. The van der Waals surface area contributed by atoms with Crippen LogP contribution in [0.5, 0.6) is 0 Å². The second-order valence-electron chi connectivity index (χ2n) is 10.5. The molecule has 0 radical (unpaired) electrons. The predicted octanol–water partition coefficient (Wildman–Crippen LogP) is 1.45. The van der Waals surface area contributed by atoms with E-state index >= 15 is 0 Å². The second-order valence-corrected chi connectivity index (χ2v) is 14.1. The van der Waals surface area contributed by atoms with E-state index in [2.05, 4.69) is 29.1 Å². The van der Waals surface area contributed by atoms with Crippen molar-refractivity contribution in [1.82, 2.24) is 0 Å². The zero-order valence-electron chi connectivity index (χ0n) is 28.4. The third-order valence-corrected chi connectivity index (χ3v) is 7.92. The Balaban J connectivity index is -0.000000170. The van der Waals surface area contributed by atoms with E-state index in [1.54, 1.807) is 0 Å². The average Bonchev–Trinajstić information content (AvgIpc) is 2.88. The third-order valence-electron chi connectivity index (χ3n) is 6.21. The van der Waals surface area contributed by atoms with Gasteiger partial charge in [-0.25, -0.2) is 16.8 Å². The molecule has 0 fully saturated rings. The summed E-state index contributed by atoms with van der Waals surface area (Å²) in [5, 5.41) is 0. The molecule has 0 atom stereocenters. The van der Waals surface area contributed by atoms with Crippen molar-refractivity contribution in [1.29, 1.82) is 0 Å². The molecule has 0 aromatic carbocycles. The fourth-order valence-corrected chi connectivity index (χ4v) is 5.07. The van der Waals surface area contributed by atoms with Crippen LogP contribution in [0, 0.1) is 0 Å². The molecule has 0 unspecified atom stereocenters. The minimum Gasteiger partial charge on any atom is -0.726 e. The maximum Gasteiger partial charge on any atom is 1.00 e. The van der Waals surface area contributed by atoms with Crippen molar-refractivity contribution in [2.45, 2.75) is 162 Å². The summed E-state index contributed by atoms with van der Waals surface area (Å²) in [5.41, 5.74) is 0. The largest absolute Gasteiger partial charge is 1.00 e. The van der Waals surface area contributed by atoms with Crippen LogP contribution in [0.25, 0.3) is 0 Å². The Hall–Kier alpha value is 1.65. The van der Waals surface area contributed by atoms with Crippen LogP contribution in [0.4, 0.5) is 0 Å². The summed E-state index contributed by atoms with van der Waals surface area (Å²) in [4.78, 5) is 0. The van der Waals surface area contributed by atoms with Gasteiger partial charge in [0.05, 0.1) is 19.0 Å². The minimum absolute atomic E-state index is 0. The summed E-state index contributed by atoms with van der Waals surface area (Å²) in [7, 11) is -12.7. The SMILES string of the molecule is CCCCCCCCCCCCS(=O)(=O)O.CCCCCCCCOS(=O)(=O)[O-].CCCCCCCCOS(=O)(=O)[O-].[Na+].[Na+]. The minimum atomic E-state index is -4.47. The fourth-order valence-electron chi connectivity index (χ4n) is 3.86. The number of unbranched alkanes of at least 4 members (excludes halogenated alkanes) is 19. The molecule has 11 nitrogen and oxygen atoms in total. The second kappa shape index (κ2) is 39.1. The van der Waals surface area contributed by atoms with Crippen molar-refractivity contribution in [2.75, 3.05) is 19.0 Å². The van der Waals surface area contributed by atoms with Crippen LogP contribution in [0.1, 0.15) is 162 Å². The van der Waals surface area contributed by atoms with Gasteiger partial charge in [0.25, 0.3) is 10.1 Å². The topological polar surface area (TPSA) is 187 Å². The zero-order valence-corrected chi connectivity index (χ0v) is 34.9. The Morgan fingerprint density at radius 2 is 0.659 bits per heavy atom. The normalized spacial score (nSPS) is 11.3. The zero-order chi connectivity index (χ0) is 32.6. The molecular weight excluding hydrogens is 654 g/mol. The van der Waals surface area contributed by atoms with E-state index in [0.717, 1.165) is 38.5 Å². The van der Waals surface area contributed by atoms with Gasteiger partial charge in [-0.2, -0.15) is 8.42 Å². The molecule has 16 heteroatoms. The maximum absolute atomic E-state index is 10.4. The molecule has 0 saturated carbocycles. The van der Waals surface area contributed by atoms with Crippen LogP contribution < -0.4 is 59.1 Å². The van der Waals surface area contributed by atoms with Crippen molar-refractivity contribution in [2.24, 2.45) is 0 Å². The monoisotopic (exact) mass is 714 g/mol. The Morgan fingerprint density at radius 1 is 0.432 bits per heavy atom. The summed E-state index contributed by atoms with van der Waals surface area (Å²) < 4.78 is 97.4. The van der Waals surface area contributed by atoms with Crippen molar-refractivity contribution in [3.05, 3.63) is 0 Å². The van der Waals surface area contributed by atoms with Gasteiger partial charge in [-0.1, -0.05) is 143 Å². The number of hydrogen-bond acceptors (Lipinski definition) is 10. The van der Waals surface area contributed by atoms with Gasteiger partial charge in [0.2, 0.25) is 20.8 Å². The van der Waals surface area contributed by atoms with Crippen LogP contribution in [0.3, 0.4) is 0 Å². The van der Waals surface area contributed by atoms with Crippen molar-refractivity contribution in [3.8, 4) is 0 Å². The maximum atomic E-state index is 10.4. The first-order valence-corrected chi connectivity index (χ1v) is 20.1. The van der Waals surface area contributed by atoms with Gasteiger partial charge in [-0.05, 0) is 19.3 Å². The van der Waals surface area contributed by atoms with Crippen LogP contribution in [0.15, 0.2) is 0 Å². The molecule has 0 aliphatic rings. The Kier molecular flexibility index (Phi) is 48.9. The Bertz CT molecular complexity index is 825. The molecule has 0 aliphatic carbocycles. The third kappa shape index (κ3) is 66.1. The van der Waals surface area contributed by atoms with Gasteiger partial charge in [-0.3, -0.25) is 12.9 Å². The number of rotatable bonds is 27. The van der Waals surface area contributed by atoms with E-state index in [1.165, 1.54) is 83.5 Å². The molecule has 1 N–H and O–H groups in total. The molecule has 0 rings (SSSR count). The van der Waals surface area contributed by atoms with Gasteiger partial charge in [0.15, 0.2) is 0 Å². The first-order valence-electron chi connectivity index (χ1n) is 15.8. The van der Waals surface area contributed by atoms with E-state index in [9.17, 15) is 34.4 Å². The van der Waals surface area contributed by atoms with Crippen molar-refractivity contribution in [3.63, 3.8) is 0 Å². The standard InChI is InChI=1S/C12H26O3S.2C8H18O4S.2Na/c1-2-3-4-5-6-7-8-9-10-11-12-16(13,14)15;2*1-2-3-4-5-6-7-8-12-13(9,10)11;;/h2-12H2,1H3,(H,13,14,15);2*2-8H2,1H3,(H,9,10,11);;/q;;;2*+1/p-2. The molecule has 0 saturated heterocycles. The number of hydrogen-bond donors (Lipinski definition) is 1. The molecular formula is C28H60Na2O11S3. The van der Waals surface area contributed by atoms with E-state index < -0.39 is 30.9 Å². The molecule has 0 spiro atoms. The molecule has 0 aromatic rings. The molecule has 0 aliphatic heterocycles. The van der Waals surface area contributed by atoms with Crippen LogP contribution in [0.2, 0.25) is 0 Å². The quantitative estimate of drug-likeness (QED) is 0.0562. The van der Waals surface area contributed by atoms with E-state index in [1.807, 2.05) is 0 Å². The smallest absolute Gasteiger partial charge is 0.726 e. The molecule has 0 aromatic heterocycles.